The van der Waals surface area contributed by atoms with Gasteiger partial charge in [-0.2, -0.15) is 0 Å². The van der Waals surface area contributed by atoms with Crippen molar-refractivity contribution in [3.63, 3.8) is 0 Å². The Bertz CT molecular complexity index is 1970. The van der Waals surface area contributed by atoms with E-state index in [-0.39, 0.29) is 22.9 Å². The largest absolute Gasteiger partial charge is 0.337 e. The molecule has 8 nitrogen and oxygen atoms in total. The van der Waals surface area contributed by atoms with Crippen molar-refractivity contribution in [1.82, 2.24) is 29.4 Å². The molecule has 3 aromatic rings. The average Bonchev–Trinajstić information content (AvgIpc) is 3.24. The minimum absolute atomic E-state index is 0.0182. The molecule has 2 atom stereocenters. The number of carbonyl (C=O) groups is 2. The van der Waals surface area contributed by atoms with Gasteiger partial charge in [-0.05, 0) is 129 Å². The molecule has 0 saturated carbocycles. The topological polar surface area (TPSA) is 53.6 Å². The zero-order valence-electron chi connectivity index (χ0n) is 39.5. The summed E-state index contributed by atoms with van der Waals surface area (Å²) in [7, 11) is 4.35. The van der Waals surface area contributed by atoms with Gasteiger partial charge in [-0.25, -0.2) is 0 Å². The summed E-state index contributed by atoms with van der Waals surface area (Å²) in [5.74, 6) is 1.79. The van der Waals surface area contributed by atoms with Crippen LogP contribution in [-0.2, 0) is 22.7 Å². The standard InChI is InChI=1S/C29H39Cl2N3O.C23H36BrN3O/c1-29(2,3)27-20-33(15-16-34(27)28(35)17-21-11-13-32(4)14-12-21)19-23-7-5-6-8-24(23)22-9-10-25(30)26(31)18-22;1-23(2,3)21-17-26(16-19-7-5-6-8-20(19)24)13-14-27(21)22(28)15-18-9-11-25(4)12-10-18/h5-10,18,21,27H,11-17,19-20H2,1-4H3;5-8,18,21H,9-17H2,1-4H3/t27-;21-/m11/s1. The minimum Gasteiger partial charge on any atom is -0.337 e. The molecule has 7 rings (SSSR count). The number of halogens is 3. The Balaban J connectivity index is 0.000000215. The average molecular weight is 967 g/mol. The number of piperidine rings is 2. The first kappa shape index (κ1) is 49.9. The SMILES string of the molecule is CN1CCC(CC(=O)N2CCN(Cc3ccccc3-c3ccc(Cl)c(Cl)c3)C[C@@H]2C(C)(C)C)CC1.CN1CCC(CC(=O)N2CCN(Cc3ccccc3Br)C[C@@H]2C(C)(C)C)CC1. The molecule has 4 aliphatic rings. The van der Waals surface area contributed by atoms with Crippen LogP contribution in [0.25, 0.3) is 11.1 Å². The van der Waals surface area contributed by atoms with Crippen LogP contribution in [0, 0.1) is 22.7 Å². The molecular weight excluding hydrogens is 891 g/mol. The second-order valence-corrected chi connectivity index (χ2v) is 22.9. The molecule has 0 unspecified atom stereocenters. The Hall–Kier alpha value is -2.50. The molecular formula is C52H75BrCl2N6O2. The number of likely N-dealkylation sites (tertiary alicyclic amines) is 2. The third kappa shape index (κ3) is 14.0. The first-order valence-electron chi connectivity index (χ1n) is 23.5. The molecule has 0 bridgehead atoms. The van der Waals surface area contributed by atoms with Gasteiger partial charge >= 0.3 is 0 Å². The molecule has 4 aliphatic heterocycles. The lowest BCUT2D eigenvalue weighted by atomic mass is 9.83. The molecule has 4 heterocycles. The van der Waals surface area contributed by atoms with Crippen molar-refractivity contribution in [2.24, 2.45) is 22.7 Å². The quantitative estimate of drug-likeness (QED) is 0.213. The van der Waals surface area contributed by atoms with Gasteiger partial charge in [-0.15, -0.1) is 0 Å². The van der Waals surface area contributed by atoms with Gasteiger partial charge < -0.3 is 19.6 Å². The van der Waals surface area contributed by atoms with Gasteiger partial charge in [0.25, 0.3) is 0 Å². The molecule has 0 radical (unpaired) electrons. The molecule has 4 saturated heterocycles. The van der Waals surface area contributed by atoms with Crippen molar-refractivity contribution in [3.8, 4) is 11.1 Å². The van der Waals surface area contributed by atoms with Gasteiger partial charge in [0.1, 0.15) is 0 Å². The first-order chi connectivity index (χ1) is 29.8. The van der Waals surface area contributed by atoms with Crippen LogP contribution in [0.2, 0.25) is 10.0 Å². The Morgan fingerprint density at radius 3 is 1.49 bits per heavy atom. The van der Waals surface area contributed by atoms with E-state index in [1.807, 2.05) is 18.2 Å². The smallest absolute Gasteiger partial charge is 0.223 e. The van der Waals surface area contributed by atoms with Gasteiger partial charge in [0.15, 0.2) is 0 Å². The van der Waals surface area contributed by atoms with Crippen molar-refractivity contribution < 1.29 is 9.59 Å². The highest BCUT2D eigenvalue weighted by Gasteiger charge is 2.40. The van der Waals surface area contributed by atoms with Gasteiger partial charge in [0.05, 0.1) is 10.0 Å². The zero-order valence-corrected chi connectivity index (χ0v) is 42.6. The molecule has 2 amide bonds. The first-order valence-corrected chi connectivity index (χ1v) is 25.1. The number of nitrogens with zero attached hydrogens (tertiary/aromatic N) is 6. The summed E-state index contributed by atoms with van der Waals surface area (Å²) >= 11 is 16.2. The molecule has 0 aromatic heterocycles. The molecule has 346 valence electrons. The number of piperazine rings is 2. The van der Waals surface area contributed by atoms with Crippen molar-refractivity contribution in [2.75, 3.05) is 79.5 Å². The third-order valence-corrected chi connectivity index (χ3v) is 15.7. The van der Waals surface area contributed by atoms with E-state index in [2.05, 4.69) is 149 Å². The molecule has 63 heavy (non-hydrogen) atoms. The summed E-state index contributed by atoms with van der Waals surface area (Å²) in [5, 5.41) is 1.14. The van der Waals surface area contributed by atoms with Crippen molar-refractivity contribution in [3.05, 3.63) is 92.4 Å². The van der Waals surface area contributed by atoms with Crippen LogP contribution >= 0.6 is 39.1 Å². The maximum atomic E-state index is 13.4. The Morgan fingerprint density at radius 2 is 1.03 bits per heavy atom. The van der Waals surface area contributed by atoms with Gasteiger partial charge in [-0.3, -0.25) is 19.4 Å². The lowest BCUT2D eigenvalue weighted by Crippen LogP contribution is -2.59. The number of carbonyl (C=O) groups excluding carboxylic acids is 2. The Kier molecular flexibility index (Phi) is 17.7. The summed E-state index contributed by atoms with van der Waals surface area (Å²) < 4.78 is 1.17. The van der Waals surface area contributed by atoms with Crippen LogP contribution in [0.15, 0.2) is 71.2 Å². The van der Waals surface area contributed by atoms with E-state index < -0.39 is 0 Å². The summed E-state index contributed by atoms with van der Waals surface area (Å²) in [4.78, 5) is 40.8. The number of hydrogen-bond acceptors (Lipinski definition) is 6. The van der Waals surface area contributed by atoms with Crippen molar-refractivity contribution in [2.45, 2.75) is 105 Å². The molecule has 0 N–H and O–H groups in total. The summed E-state index contributed by atoms with van der Waals surface area (Å²) in [6.07, 6.45) is 6.00. The Labute approximate surface area is 398 Å². The fraction of sp³-hybridized carbons (Fsp3) is 0.615. The van der Waals surface area contributed by atoms with Crippen LogP contribution in [0.4, 0.5) is 0 Å². The number of benzene rings is 3. The van der Waals surface area contributed by atoms with Gasteiger partial charge in [-0.1, -0.05) is 129 Å². The third-order valence-electron chi connectivity index (χ3n) is 14.2. The molecule has 11 heteroatoms. The predicted molar refractivity (Wildman–Crippen MR) is 266 cm³/mol. The van der Waals surface area contributed by atoms with Gasteiger partial charge in [0, 0.05) is 81.8 Å². The van der Waals surface area contributed by atoms with Crippen LogP contribution in [0.3, 0.4) is 0 Å². The molecule has 0 aliphatic carbocycles. The van der Waals surface area contributed by atoms with Crippen molar-refractivity contribution >= 4 is 50.9 Å². The maximum absolute atomic E-state index is 13.4. The highest BCUT2D eigenvalue weighted by atomic mass is 79.9. The fourth-order valence-corrected chi connectivity index (χ4v) is 10.7. The second kappa shape index (κ2) is 22.3. The summed E-state index contributed by atoms with van der Waals surface area (Å²) in [5.41, 5.74) is 4.94. The van der Waals surface area contributed by atoms with E-state index >= 15 is 0 Å². The van der Waals surface area contributed by atoms with Crippen LogP contribution in [-0.4, -0.2) is 133 Å². The van der Waals surface area contributed by atoms with E-state index in [0.29, 0.717) is 40.1 Å². The van der Waals surface area contributed by atoms with Gasteiger partial charge in [0.2, 0.25) is 11.8 Å². The van der Waals surface area contributed by atoms with E-state index in [4.69, 9.17) is 23.2 Å². The van der Waals surface area contributed by atoms with Crippen LogP contribution in [0.1, 0.15) is 91.2 Å². The van der Waals surface area contributed by atoms with E-state index in [1.165, 1.54) is 21.2 Å². The van der Waals surface area contributed by atoms with Crippen LogP contribution in [0.5, 0.6) is 0 Å². The number of rotatable bonds is 9. The molecule has 0 spiro atoms. The summed E-state index contributed by atoms with van der Waals surface area (Å²) in [6.45, 7) is 25.2. The van der Waals surface area contributed by atoms with E-state index in [0.717, 1.165) is 116 Å². The lowest BCUT2D eigenvalue weighted by molar-refractivity contribution is -0.141. The predicted octanol–water partition coefficient (Wildman–Crippen LogP) is 10.7. The monoisotopic (exact) mass is 964 g/mol. The maximum Gasteiger partial charge on any atom is 0.223 e. The molecule has 4 fully saturated rings. The zero-order chi connectivity index (χ0) is 45.5. The summed E-state index contributed by atoms with van der Waals surface area (Å²) in [6, 6.07) is 23.3. The highest BCUT2D eigenvalue weighted by Crippen LogP contribution is 2.35. The number of amides is 2. The van der Waals surface area contributed by atoms with E-state index in [9.17, 15) is 9.59 Å². The van der Waals surface area contributed by atoms with E-state index in [1.54, 1.807) is 0 Å². The second-order valence-electron chi connectivity index (χ2n) is 21.2. The normalized spacial score (nSPS) is 21.9. The molecule has 3 aromatic carbocycles. The number of hydrogen-bond donors (Lipinski definition) is 0. The van der Waals surface area contributed by atoms with Crippen LogP contribution < -0.4 is 0 Å². The van der Waals surface area contributed by atoms with Crippen molar-refractivity contribution in [1.29, 1.82) is 0 Å². The Morgan fingerprint density at radius 1 is 0.587 bits per heavy atom. The minimum atomic E-state index is 0.0182. The lowest BCUT2D eigenvalue weighted by Gasteiger charge is -2.48. The highest BCUT2D eigenvalue weighted by molar-refractivity contribution is 9.10. The fourth-order valence-electron chi connectivity index (χ4n) is 10.0.